The number of nitrogens with zero attached hydrogens (tertiary/aromatic N) is 6. The molecule has 4 rings (SSSR count). The van der Waals surface area contributed by atoms with E-state index >= 15 is 0 Å². The summed E-state index contributed by atoms with van der Waals surface area (Å²) < 4.78 is 5.96. The SMILES string of the molecule is CCCc1c(C(=O)NN=Cc2c[nH]c3ccccc23)nnn1-c1nonc1N. The molecule has 0 fully saturated rings. The molecule has 0 bridgehead atoms. The van der Waals surface area contributed by atoms with Gasteiger partial charge < -0.3 is 10.7 Å². The number of H-pyrrole nitrogens is 1. The number of nitrogens with one attached hydrogen (secondary N) is 2. The lowest BCUT2D eigenvalue weighted by molar-refractivity contribution is 0.0949. The van der Waals surface area contributed by atoms with Crippen molar-refractivity contribution in [1.29, 1.82) is 0 Å². The molecule has 0 aliphatic carbocycles. The molecule has 0 unspecified atom stereocenters. The Morgan fingerprint density at radius 1 is 1.39 bits per heavy atom. The Morgan fingerprint density at radius 2 is 2.25 bits per heavy atom. The molecule has 1 amide bonds. The molecule has 142 valence electrons. The van der Waals surface area contributed by atoms with Crippen LogP contribution in [0.5, 0.6) is 0 Å². The number of anilines is 1. The summed E-state index contributed by atoms with van der Waals surface area (Å²) in [6.45, 7) is 1.97. The molecule has 0 spiro atoms. The molecule has 0 radical (unpaired) electrons. The smallest absolute Gasteiger partial charge is 0.293 e. The number of hydrogen-bond acceptors (Lipinski definition) is 8. The highest BCUT2D eigenvalue weighted by Crippen LogP contribution is 2.17. The summed E-state index contributed by atoms with van der Waals surface area (Å²) >= 11 is 0. The number of carbonyl (C=O) groups excluding carboxylic acids is 1. The highest BCUT2D eigenvalue weighted by Gasteiger charge is 2.23. The van der Waals surface area contributed by atoms with Gasteiger partial charge in [0.25, 0.3) is 5.91 Å². The molecule has 11 nitrogen and oxygen atoms in total. The van der Waals surface area contributed by atoms with Crippen LogP contribution in [0.15, 0.2) is 40.2 Å². The van der Waals surface area contributed by atoms with Crippen LogP contribution in [0.3, 0.4) is 0 Å². The molecule has 0 aliphatic rings. The van der Waals surface area contributed by atoms with Crippen molar-refractivity contribution in [3.63, 3.8) is 0 Å². The van der Waals surface area contributed by atoms with E-state index in [9.17, 15) is 4.79 Å². The number of hydrogen-bond donors (Lipinski definition) is 3. The molecule has 4 aromatic rings. The number of amides is 1. The fourth-order valence-corrected chi connectivity index (χ4v) is 2.86. The number of rotatable bonds is 6. The van der Waals surface area contributed by atoms with E-state index in [4.69, 9.17) is 5.73 Å². The Morgan fingerprint density at radius 3 is 3.04 bits per heavy atom. The lowest BCUT2D eigenvalue weighted by atomic mass is 10.2. The van der Waals surface area contributed by atoms with Crippen LogP contribution >= 0.6 is 0 Å². The van der Waals surface area contributed by atoms with Gasteiger partial charge in [0.1, 0.15) is 0 Å². The van der Waals surface area contributed by atoms with E-state index < -0.39 is 5.91 Å². The largest absolute Gasteiger partial charge is 0.378 e. The van der Waals surface area contributed by atoms with E-state index in [1.165, 1.54) is 4.68 Å². The monoisotopic (exact) mass is 379 g/mol. The van der Waals surface area contributed by atoms with E-state index in [-0.39, 0.29) is 17.3 Å². The second kappa shape index (κ2) is 7.31. The molecule has 1 aromatic carbocycles. The minimum Gasteiger partial charge on any atom is -0.378 e. The van der Waals surface area contributed by atoms with E-state index in [2.05, 4.69) is 40.8 Å². The van der Waals surface area contributed by atoms with Gasteiger partial charge in [0.05, 0.1) is 11.9 Å². The van der Waals surface area contributed by atoms with Crippen LogP contribution in [0.1, 0.15) is 35.1 Å². The third kappa shape index (κ3) is 3.09. The van der Waals surface area contributed by atoms with Crippen LogP contribution < -0.4 is 11.2 Å². The maximum atomic E-state index is 12.6. The molecule has 3 heterocycles. The van der Waals surface area contributed by atoms with Crippen LogP contribution in [0, 0.1) is 0 Å². The number of benzene rings is 1. The van der Waals surface area contributed by atoms with Crippen LogP contribution in [-0.4, -0.2) is 42.4 Å². The standard InChI is InChI=1S/C17H17N9O2/c1-2-5-13-14(21-25-26(13)16-15(18)23-28-24-16)17(27)22-20-9-10-8-19-12-7-4-3-6-11(10)12/h3-4,6-9,19H,2,5H2,1H3,(H2,18,23)(H,22,27). The maximum absolute atomic E-state index is 12.6. The Bertz CT molecular complexity index is 1150. The Labute approximate surface area is 158 Å². The van der Waals surface area contributed by atoms with Gasteiger partial charge in [-0.05, 0) is 22.8 Å². The average molecular weight is 379 g/mol. The zero-order valence-electron chi connectivity index (χ0n) is 15.0. The number of aromatic amines is 1. The molecule has 11 heteroatoms. The first-order valence-corrected chi connectivity index (χ1v) is 8.61. The van der Waals surface area contributed by atoms with Crippen molar-refractivity contribution in [1.82, 2.24) is 35.7 Å². The fourth-order valence-electron chi connectivity index (χ4n) is 2.86. The molecule has 3 aromatic heterocycles. The van der Waals surface area contributed by atoms with Crippen LogP contribution in [0.2, 0.25) is 0 Å². The highest BCUT2D eigenvalue weighted by atomic mass is 16.6. The van der Waals surface area contributed by atoms with E-state index in [0.717, 1.165) is 22.9 Å². The summed E-state index contributed by atoms with van der Waals surface area (Å²) in [7, 11) is 0. The van der Waals surface area contributed by atoms with E-state index in [0.29, 0.717) is 12.1 Å². The summed E-state index contributed by atoms with van der Waals surface area (Å²) in [6.07, 6.45) is 4.69. The van der Waals surface area contributed by atoms with E-state index in [1.54, 1.807) is 6.21 Å². The number of fused-ring (bicyclic) bond motifs is 1. The van der Waals surface area contributed by atoms with Crippen LogP contribution in [0.25, 0.3) is 16.7 Å². The highest BCUT2D eigenvalue weighted by molar-refractivity contribution is 6.00. The van der Waals surface area contributed by atoms with Gasteiger partial charge in [-0.3, -0.25) is 4.79 Å². The minimum atomic E-state index is -0.485. The third-order valence-electron chi connectivity index (χ3n) is 4.15. The summed E-state index contributed by atoms with van der Waals surface area (Å²) in [4.78, 5) is 15.7. The summed E-state index contributed by atoms with van der Waals surface area (Å²) in [6, 6.07) is 7.81. The zero-order valence-corrected chi connectivity index (χ0v) is 15.0. The van der Waals surface area contributed by atoms with Crippen molar-refractivity contribution in [2.75, 3.05) is 5.73 Å². The van der Waals surface area contributed by atoms with E-state index in [1.807, 2.05) is 37.4 Å². The van der Waals surface area contributed by atoms with Gasteiger partial charge in [0, 0.05) is 22.7 Å². The normalized spacial score (nSPS) is 11.5. The van der Waals surface area contributed by atoms with Crippen molar-refractivity contribution >= 4 is 28.8 Å². The maximum Gasteiger partial charge on any atom is 0.293 e. The molecule has 4 N–H and O–H groups in total. The third-order valence-corrected chi connectivity index (χ3v) is 4.15. The van der Waals surface area contributed by atoms with Crippen molar-refractivity contribution in [3.8, 4) is 5.82 Å². The van der Waals surface area contributed by atoms with Crippen molar-refractivity contribution in [3.05, 3.63) is 47.4 Å². The fraction of sp³-hybridized carbons (Fsp3) is 0.176. The van der Waals surface area contributed by atoms with Gasteiger partial charge in [0.15, 0.2) is 5.69 Å². The topological polar surface area (TPSA) is 153 Å². The second-order valence-corrected chi connectivity index (χ2v) is 6.01. The summed E-state index contributed by atoms with van der Waals surface area (Å²) in [5.41, 5.74) is 10.7. The molecular formula is C17H17N9O2. The molecule has 28 heavy (non-hydrogen) atoms. The number of hydrazone groups is 1. The van der Waals surface area contributed by atoms with Gasteiger partial charge >= 0.3 is 0 Å². The quantitative estimate of drug-likeness (QED) is 0.338. The average Bonchev–Trinajstić information content (AvgIpc) is 3.41. The number of aromatic nitrogens is 6. The van der Waals surface area contributed by atoms with Gasteiger partial charge in [-0.15, -0.1) is 5.10 Å². The first-order valence-electron chi connectivity index (χ1n) is 8.61. The number of nitrogen functional groups attached to an aromatic ring is 1. The molecule has 0 saturated heterocycles. The van der Waals surface area contributed by atoms with Crippen molar-refractivity contribution < 1.29 is 9.42 Å². The Balaban J connectivity index is 1.56. The number of carbonyl (C=O) groups is 1. The molecule has 0 aliphatic heterocycles. The van der Waals surface area contributed by atoms with Crippen molar-refractivity contribution in [2.45, 2.75) is 19.8 Å². The lowest BCUT2D eigenvalue weighted by Gasteiger charge is -2.03. The zero-order chi connectivity index (χ0) is 19.5. The molecule has 0 saturated carbocycles. The first kappa shape index (κ1) is 17.4. The van der Waals surface area contributed by atoms with Gasteiger partial charge in [-0.2, -0.15) is 9.78 Å². The number of nitrogens with two attached hydrogens (primary N) is 1. The van der Waals surface area contributed by atoms with Gasteiger partial charge in [-0.25, -0.2) is 10.1 Å². The van der Waals surface area contributed by atoms with Crippen LogP contribution in [0.4, 0.5) is 5.82 Å². The lowest BCUT2D eigenvalue weighted by Crippen LogP contribution is -2.20. The molecule has 0 atom stereocenters. The summed E-state index contributed by atoms with van der Waals surface area (Å²) in [5, 5.41) is 20.2. The number of para-hydroxylation sites is 1. The molecular weight excluding hydrogens is 362 g/mol. The first-order chi connectivity index (χ1) is 13.7. The predicted molar refractivity (Wildman–Crippen MR) is 101 cm³/mol. The van der Waals surface area contributed by atoms with Gasteiger partial charge in [-0.1, -0.05) is 36.8 Å². The second-order valence-electron chi connectivity index (χ2n) is 6.01. The Kier molecular flexibility index (Phi) is 4.54. The summed E-state index contributed by atoms with van der Waals surface area (Å²) in [5.74, 6) is -0.232. The predicted octanol–water partition coefficient (Wildman–Crippen LogP) is 1.43. The Hall–Kier alpha value is -4.02. The minimum absolute atomic E-state index is 0.0616. The van der Waals surface area contributed by atoms with Crippen molar-refractivity contribution in [2.24, 2.45) is 5.10 Å². The van der Waals surface area contributed by atoms with Gasteiger partial charge in [0.2, 0.25) is 11.6 Å². The van der Waals surface area contributed by atoms with Crippen LogP contribution in [-0.2, 0) is 6.42 Å².